The number of benzene rings is 2. The molecule has 5 heteroatoms. The second-order valence-electron chi connectivity index (χ2n) is 3.82. The summed E-state index contributed by atoms with van der Waals surface area (Å²) in [5.74, 6) is -0.0204. The molecule has 1 aliphatic rings. The van der Waals surface area contributed by atoms with Gasteiger partial charge in [-0.3, -0.25) is 4.79 Å². The van der Waals surface area contributed by atoms with Gasteiger partial charge in [0.15, 0.2) is 10.8 Å². The van der Waals surface area contributed by atoms with Crippen LogP contribution in [0, 0.1) is 5.39 Å². The molecule has 0 aromatic heterocycles. The van der Waals surface area contributed by atoms with E-state index in [-0.39, 0.29) is 18.2 Å². The van der Waals surface area contributed by atoms with Crippen LogP contribution in [0.2, 0.25) is 0 Å². The molecule has 3 nitrogen and oxygen atoms in total. The minimum atomic E-state index is -0.0204. The Bertz CT molecular complexity index is 707. The van der Waals surface area contributed by atoms with E-state index in [4.69, 9.17) is 5.39 Å². The van der Waals surface area contributed by atoms with Crippen molar-refractivity contribution < 1.29 is 17.2 Å². The predicted octanol–water partition coefficient (Wildman–Crippen LogP) is 1.15. The first-order valence-corrected chi connectivity index (χ1v) is 5.84. The van der Waals surface area contributed by atoms with Crippen LogP contribution < -0.4 is 12.4 Å². The molecular formula is C13H6BrClN2O. The van der Waals surface area contributed by atoms with E-state index < -0.39 is 0 Å². The maximum Gasteiger partial charge on any atom is 0.399 e. The summed E-state index contributed by atoms with van der Waals surface area (Å²) in [7, 11) is 0. The largest absolute Gasteiger partial charge is 1.00 e. The molecule has 0 atom stereocenters. The van der Waals surface area contributed by atoms with Gasteiger partial charge in [-0.2, -0.15) is 0 Å². The lowest BCUT2D eigenvalue weighted by atomic mass is 10.1. The van der Waals surface area contributed by atoms with Gasteiger partial charge >= 0.3 is 5.69 Å². The number of carbonyl (C=O) groups excluding carboxylic acids is 1. The lowest BCUT2D eigenvalue weighted by Gasteiger charge is -1.97. The van der Waals surface area contributed by atoms with Crippen molar-refractivity contribution in [3.8, 4) is 11.1 Å². The smallest absolute Gasteiger partial charge is 0.399 e. The van der Waals surface area contributed by atoms with E-state index in [0.29, 0.717) is 21.3 Å². The average molecular weight is 322 g/mol. The number of carbonyl (C=O) groups is 1. The molecular weight excluding hydrogens is 316 g/mol. The molecule has 2 aromatic carbocycles. The maximum absolute atomic E-state index is 12.1. The van der Waals surface area contributed by atoms with E-state index in [2.05, 4.69) is 20.9 Å². The number of fused-ring (bicyclic) bond motifs is 3. The molecule has 0 aliphatic heterocycles. The Morgan fingerprint density at radius 1 is 1.00 bits per heavy atom. The van der Waals surface area contributed by atoms with Gasteiger partial charge in [-0.15, -0.1) is 0 Å². The third-order valence-corrected chi connectivity index (χ3v) is 3.54. The zero-order chi connectivity index (χ0) is 12.0. The number of ketones is 1. The van der Waals surface area contributed by atoms with Crippen LogP contribution >= 0.6 is 15.9 Å². The summed E-state index contributed by atoms with van der Waals surface area (Å²) >= 11 is 3.32. The molecule has 0 heterocycles. The normalized spacial score (nSPS) is 11.2. The van der Waals surface area contributed by atoms with Crippen molar-refractivity contribution in [3.63, 3.8) is 0 Å². The highest BCUT2D eigenvalue weighted by Gasteiger charge is 2.30. The molecule has 0 N–H and O–H groups in total. The fourth-order valence-electron chi connectivity index (χ4n) is 2.11. The van der Waals surface area contributed by atoms with Crippen molar-refractivity contribution in [3.05, 3.63) is 57.0 Å². The number of hydrogen-bond donors (Lipinski definition) is 0. The second-order valence-corrected chi connectivity index (χ2v) is 4.68. The first-order valence-electron chi connectivity index (χ1n) is 5.05. The monoisotopic (exact) mass is 320 g/mol. The van der Waals surface area contributed by atoms with Crippen molar-refractivity contribution in [1.82, 2.24) is 0 Å². The van der Waals surface area contributed by atoms with Gasteiger partial charge in [-0.1, -0.05) is 24.3 Å². The minimum Gasteiger partial charge on any atom is -1.00 e. The van der Waals surface area contributed by atoms with Gasteiger partial charge in [0.25, 0.3) is 0 Å². The Hall–Kier alpha value is -1.70. The van der Waals surface area contributed by atoms with Crippen LogP contribution in [0.1, 0.15) is 15.9 Å². The molecule has 0 spiro atoms. The van der Waals surface area contributed by atoms with E-state index in [1.165, 1.54) is 0 Å². The lowest BCUT2D eigenvalue weighted by molar-refractivity contribution is -0.0000107. The van der Waals surface area contributed by atoms with Crippen LogP contribution in [0.4, 0.5) is 5.69 Å². The molecule has 0 radical (unpaired) electrons. The van der Waals surface area contributed by atoms with Crippen LogP contribution in [0.5, 0.6) is 0 Å². The van der Waals surface area contributed by atoms with Gasteiger partial charge < -0.3 is 12.4 Å². The van der Waals surface area contributed by atoms with Crippen molar-refractivity contribution >= 4 is 27.4 Å². The molecule has 88 valence electrons. The summed E-state index contributed by atoms with van der Waals surface area (Å²) in [6.45, 7) is 0. The quantitative estimate of drug-likeness (QED) is 0.583. The van der Waals surface area contributed by atoms with Gasteiger partial charge in [0.2, 0.25) is 5.39 Å². The van der Waals surface area contributed by atoms with E-state index in [0.717, 1.165) is 11.1 Å². The summed E-state index contributed by atoms with van der Waals surface area (Å²) in [6.07, 6.45) is 0. The van der Waals surface area contributed by atoms with Crippen LogP contribution in [0.15, 0.2) is 40.9 Å². The lowest BCUT2D eigenvalue weighted by Crippen LogP contribution is -3.00. The standard InChI is InChI=1S/C13H6BrN2O.ClH/c14-11-5-9-7-3-1-2-4-8(7)13(17)10(9)6-12(11)16-15;/h1-6H;1H/q+1;/p-1. The SMILES string of the molecule is N#[N+]c1cc2c(cc1Br)-c1ccccc1C2=O.[Cl-]. The molecule has 0 bridgehead atoms. The summed E-state index contributed by atoms with van der Waals surface area (Å²) in [5.41, 5.74) is 3.46. The Morgan fingerprint density at radius 3 is 2.33 bits per heavy atom. The van der Waals surface area contributed by atoms with Crippen molar-refractivity contribution in [2.45, 2.75) is 0 Å². The summed E-state index contributed by atoms with van der Waals surface area (Å²) in [4.78, 5) is 15.3. The van der Waals surface area contributed by atoms with Gasteiger partial charge in [0, 0.05) is 17.2 Å². The van der Waals surface area contributed by atoms with Gasteiger partial charge in [-0.25, -0.2) is 0 Å². The fraction of sp³-hybridized carbons (Fsp3) is 0. The summed E-state index contributed by atoms with van der Waals surface area (Å²) in [6, 6.07) is 10.9. The van der Waals surface area contributed by atoms with Crippen molar-refractivity contribution in [1.29, 1.82) is 5.39 Å². The predicted molar refractivity (Wildman–Crippen MR) is 67.8 cm³/mol. The van der Waals surface area contributed by atoms with Crippen LogP contribution in [0.3, 0.4) is 0 Å². The molecule has 0 fully saturated rings. The molecule has 3 rings (SSSR count). The number of halogens is 2. The number of hydrogen-bond acceptors (Lipinski definition) is 2. The van der Waals surface area contributed by atoms with E-state index in [1.807, 2.05) is 24.3 Å². The molecule has 0 unspecified atom stereocenters. The third-order valence-electron chi connectivity index (χ3n) is 2.90. The third kappa shape index (κ3) is 1.64. The molecule has 0 saturated heterocycles. The summed E-state index contributed by atoms with van der Waals surface area (Å²) in [5, 5.41) is 8.84. The molecule has 0 saturated carbocycles. The highest BCUT2D eigenvalue weighted by molar-refractivity contribution is 9.10. The first-order chi connectivity index (χ1) is 8.22. The fourth-order valence-corrected chi connectivity index (χ4v) is 2.53. The zero-order valence-electron chi connectivity index (χ0n) is 9.02. The molecule has 1 aliphatic carbocycles. The minimum absolute atomic E-state index is 0. The average Bonchev–Trinajstić information content (AvgIpc) is 2.63. The Morgan fingerprint density at radius 2 is 1.67 bits per heavy atom. The number of nitrogens with zero attached hydrogens (tertiary/aromatic N) is 2. The topological polar surface area (TPSA) is 45.2 Å². The molecule has 18 heavy (non-hydrogen) atoms. The van der Waals surface area contributed by atoms with Crippen molar-refractivity contribution in [2.24, 2.45) is 0 Å². The molecule has 0 amide bonds. The van der Waals surface area contributed by atoms with E-state index >= 15 is 0 Å². The van der Waals surface area contributed by atoms with Gasteiger partial charge in [0.05, 0.1) is 0 Å². The summed E-state index contributed by atoms with van der Waals surface area (Å²) < 4.78 is 0.670. The van der Waals surface area contributed by atoms with E-state index in [1.54, 1.807) is 12.1 Å². The van der Waals surface area contributed by atoms with Crippen molar-refractivity contribution in [2.75, 3.05) is 0 Å². The number of diazo groups is 1. The van der Waals surface area contributed by atoms with Gasteiger partial charge in [-0.05, 0) is 33.1 Å². The molecule has 2 aromatic rings. The first kappa shape index (κ1) is 12.7. The Balaban J connectivity index is 0.00000120. The van der Waals surface area contributed by atoms with Crippen LogP contribution in [-0.4, -0.2) is 5.78 Å². The Kier molecular flexibility index (Phi) is 3.20. The van der Waals surface area contributed by atoms with E-state index in [9.17, 15) is 4.79 Å². The highest BCUT2D eigenvalue weighted by atomic mass is 79.9. The zero-order valence-corrected chi connectivity index (χ0v) is 11.4. The van der Waals surface area contributed by atoms with Crippen LogP contribution in [0.25, 0.3) is 16.1 Å². The highest BCUT2D eigenvalue weighted by Crippen LogP contribution is 2.41. The number of rotatable bonds is 0. The maximum atomic E-state index is 12.1. The Labute approximate surface area is 118 Å². The van der Waals surface area contributed by atoms with Crippen LogP contribution in [-0.2, 0) is 0 Å². The second kappa shape index (κ2) is 4.52. The van der Waals surface area contributed by atoms with Gasteiger partial charge in [0.1, 0.15) is 4.47 Å².